The Morgan fingerprint density at radius 3 is 2.69 bits per heavy atom. The summed E-state index contributed by atoms with van der Waals surface area (Å²) >= 11 is 0. The van der Waals surface area contributed by atoms with Crippen LogP contribution in [0, 0.1) is 11.8 Å². The zero-order chi connectivity index (χ0) is 11.5. The van der Waals surface area contributed by atoms with Gasteiger partial charge in [0, 0.05) is 12.1 Å². The van der Waals surface area contributed by atoms with Gasteiger partial charge in [0.15, 0.2) is 0 Å². The van der Waals surface area contributed by atoms with Gasteiger partial charge in [0.05, 0.1) is 5.92 Å². The molecule has 1 saturated carbocycles. The molecule has 0 radical (unpaired) electrons. The van der Waals surface area contributed by atoms with Crippen LogP contribution in [-0.2, 0) is 4.79 Å². The molecule has 1 aliphatic carbocycles. The van der Waals surface area contributed by atoms with Crippen molar-refractivity contribution in [2.75, 3.05) is 6.54 Å². The third kappa shape index (κ3) is 2.76. The number of carbonyl (C=O) groups excluding carboxylic acids is 1. The van der Waals surface area contributed by atoms with Gasteiger partial charge >= 0.3 is 0 Å². The van der Waals surface area contributed by atoms with Gasteiger partial charge < -0.3 is 10.6 Å². The van der Waals surface area contributed by atoms with Crippen LogP contribution in [0.3, 0.4) is 0 Å². The summed E-state index contributed by atoms with van der Waals surface area (Å²) in [6.07, 6.45) is 5.77. The third-order valence-corrected chi connectivity index (χ3v) is 4.14. The molecule has 4 unspecified atom stereocenters. The fraction of sp³-hybridized carbons (Fsp3) is 0.923. The highest BCUT2D eigenvalue weighted by atomic mass is 16.2. The first-order valence-corrected chi connectivity index (χ1v) is 6.70. The van der Waals surface area contributed by atoms with Crippen molar-refractivity contribution in [3.8, 4) is 0 Å². The van der Waals surface area contributed by atoms with E-state index in [1.807, 2.05) is 0 Å². The van der Waals surface area contributed by atoms with Gasteiger partial charge in [-0.2, -0.15) is 0 Å². The first-order chi connectivity index (χ1) is 7.66. The van der Waals surface area contributed by atoms with E-state index in [1.54, 1.807) is 0 Å². The van der Waals surface area contributed by atoms with E-state index in [1.165, 1.54) is 19.3 Å². The Kier molecular flexibility index (Phi) is 3.85. The molecule has 92 valence electrons. The van der Waals surface area contributed by atoms with Crippen molar-refractivity contribution >= 4 is 5.91 Å². The summed E-state index contributed by atoms with van der Waals surface area (Å²) < 4.78 is 0. The molecule has 4 atom stereocenters. The average molecular weight is 224 g/mol. The summed E-state index contributed by atoms with van der Waals surface area (Å²) in [5.41, 5.74) is 0. The second-order valence-electron chi connectivity index (χ2n) is 5.62. The van der Waals surface area contributed by atoms with Crippen LogP contribution < -0.4 is 10.6 Å². The standard InChI is InChI=1S/C13H24N2O/c1-9-5-6-11(8-9)15-13(16)12-4-3-7-14-10(12)2/h9-12,14H,3-8H2,1-2H3,(H,15,16). The summed E-state index contributed by atoms with van der Waals surface area (Å²) in [6, 6.07) is 0.782. The molecule has 1 aliphatic heterocycles. The second-order valence-corrected chi connectivity index (χ2v) is 5.62. The number of rotatable bonds is 2. The maximum absolute atomic E-state index is 12.1. The molecule has 16 heavy (non-hydrogen) atoms. The van der Waals surface area contributed by atoms with E-state index in [2.05, 4.69) is 24.5 Å². The van der Waals surface area contributed by atoms with Gasteiger partial charge in [-0.1, -0.05) is 6.92 Å². The molecule has 3 heteroatoms. The quantitative estimate of drug-likeness (QED) is 0.749. The molecule has 1 saturated heterocycles. The largest absolute Gasteiger partial charge is 0.353 e. The Balaban J connectivity index is 1.82. The summed E-state index contributed by atoms with van der Waals surface area (Å²) in [6.45, 7) is 5.46. The summed E-state index contributed by atoms with van der Waals surface area (Å²) in [5.74, 6) is 1.25. The molecule has 3 nitrogen and oxygen atoms in total. The number of nitrogens with one attached hydrogen (secondary N) is 2. The number of amides is 1. The molecular formula is C13H24N2O. The monoisotopic (exact) mass is 224 g/mol. The Hall–Kier alpha value is -0.570. The molecule has 0 aromatic rings. The van der Waals surface area contributed by atoms with E-state index in [0.717, 1.165) is 25.3 Å². The van der Waals surface area contributed by atoms with Gasteiger partial charge in [-0.05, 0) is 51.5 Å². The van der Waals surface area contributed by atoms with E-state index in [9.17, 15) is 4.79 Å². The number of hydrogen-bond acceptors (Lipinski definition) is 2. The molecular weight excluding hydrogens is 200 g/mol. The van der Waals surface area contributed by atoms with Crippen molar-refractivity contribution in [3.05, 3.63) is 0 Å². The zero-order valence-corrected chi connectivity index (χ0v) is 10.5. The van der Waals surface area contributed by atoms with Crippen LogP contribution in [-0.4, -0.2) is 24.5 Å². The molecule has 0 aromatic carbocycles. The molecule has 2 N–H and O–H groups in total. The first-order valence-electron chi connectivity index (χ1n) is 6.70. The lowest BCUT2D eigenvalue weighted by atomic mass is 9.91. The average Bonchev–Trinajstić information content (AvgIpc) is 2.64. The van der Waals surface area contributed by atoms with Gasteiger partial charge in [-0.3, -0.25) is 4.79 Å². The smallest absolute Gasteiger partial charge is 0.224 e. The highest BCUT2D eigenvalue weighted by Crippen LogP contribution is 2.25. The second kappa shape index (κ2) is 5.17. The maximum atomic E-state index is 12.1. The fourth-order valence-corrected chi connectivity index (χ4v) is 3.05. The van der Waals surface area contributed by atoms with Crippen molar-refractivity contribution in [2.24, 2.45) is 11.8 Å². The van der Waals surface area contributed by atoms with E-state index < -0.39 is 0 Å². The Morgan fingerprint density at radius 1 is 1.25 bits per heavy atom. The number of hydrogen-bond donors (Lipinski definition) is 2. The fourth-order valence-electron chi connectivity index (χ4n) is 3.05. The zero-order valence-electron chi connectivity index (χ0n) is 10.5. The topological polar surface area (TPSA) is 41.1 Å². The van der Waals surface area contributed by atoms with Crippen LogP contribution in [0.4, 0.5) is 0 Å². The normalized spacial score (nSPS) is 39.6. The van der Waals surface area contributed by atoms with Crippen LogP contribution in [0.5, 0.6) is 0 Å². The van der Waals surface area contributed by atoms with Crippen molar-refractivity contribution in [1.29, 1.82) is 0 Å². The molecule has 0 bridgehead atoms. The number of carbonyl (C=O) groups is 1. The van der Waals surface area contributed by atoms with E-state index in [0.29, 0.717) is 12.1 Å². The van der Waals surface area contributed by atoms with Crippen molar-refractivity contribution in [2.45, 2.75) is 58.0 Å². The SMILES string of the molecule is CC1CCC(NC(=O)C2CCCNC2C)C1. The van der Waals surface area contributed by atoms with Gasteiger partial charge in [0.1, 0.15) is 0 Å². The minimum atomic E-state index is 0.185. The Morgan fingerprint density at radius 2 is 2.06 bits per heavy atom. The lowest BCUT2D eigenvalue weighted by Gasteiger charge is -2.30. The minimum absolute atomic E-state index is 0.185. The summed E-state index contributed by atoms with van der Waals surface area (Å²) in [5, 5.41) is 6.62. The molecule has 1 heterocycles. The van der Waals surface area contributed by atoms with Gasteiger partial charge in [-0.25, -0.2) is 0 Å². The van der Waals surface area contributed by atoms with Crippen molar-refractivity contribution in [1.82, 2.24) is 10.6 Å². The molecule has 2 rings (SSSR count). The van der Waals surface area contributed by atoms with Crippen molar-refractivity contribution < 1.29 is 4.79 Å². The first kappa shape index (κ1) is 11.9. The summed E-state index contributed by atoms with van der Waals surface area (Å²) in [4.78, 5) is 12.1. The molecule has 2 fully saturated rings. The van der Waals surface area contributed by atoms with Gasteiger partial charge in [0.25, 0.3) is 0 Å². The van der Waals surface area contributed by atoms with Crippen LogP contribution in [0.2, 0.25) is 0 Å². The maximum Gasteiger partial charge on any atom is 0.224 e. The highest BCUT2D eigenvalue weighted by molar-refractivity contribution is 5.79. The Labute approximate surface area is 98.4 Å². The summed E-state index contributed by atoms with van der Waals surface area (Å²) in [7, 11) is 0. The molecule has 2 aliphatic rings. The van der Waals surface area contributed by atoms with E-state index in [4.69, 9.17) is 0 Å². The molecule has 0 aromatic heterocycles. The number of piperidine rings is 1. The predicted octanol–water partition coefficient (Wildman–Crippen LogP) is 1.68. The van der Waals surface area contributed by atoms with Gasteiger partial charge in [0.2, 0.25) is 5.91 Å². The van der Waals surface area contributed by atoms with Gasteiger partial charge in [-0.15, -0.1) is 0 Å². The van der Waals surface area contributed by atoms with Crippen molar-refractivity contribution in [3.63, 3.8) is 0 Å². The molecule has 1 amide bonds. The predicted molar refractivity (Wildman–Crippen MR) is 65.1 cm³/mol. The Bertz CT molecular complexity index is 254. The van der Waals surface area contributed by atoms with E-state index >= 15 is 0 Å². The highest BCUT2D eigenvalue weighted by Gasteiger charge is 2.30. The third-order valence-electron chi connectivity index (χ3n) is 4.14. The lowest BCUT2D eigenvalue weighted by molar-refractivity contribution is -0.127. The minimum Gasteiger partial charge on any atom is -0.353 e. The lowest BCUT2D eigenvalue weighted by Crippen LogP contribution is -2.48. The van der Waals surface area contributed by atoms with Crippen LogP contribution in [0.25, 0.3) is 0 Å². The van der Waals surface area contributed by atoms with Crippen LogP contribution in [0.15, 0.2) is 0 Å². The van der Waals surface area contributed by atoms with E-state index in [-0.39, 0.29) is 11.8 Å². The molecule has 0 spiro atoms. The van der Waals surface area contributed by atoms with Crippen LogP contribution in [0.1, 0.15) is 46.0 Å². The van der Waals surface area contributed by atoms with Crippen LogP contribution >= 0.6 is 0 Å².